The van der Waals surface area contributed by atoms with Crippen molar-refractivity contribution in [1.29, 1.82) is 0 Å². The van der Waals surface area contributed by atoms with Gasteiger partial charge in [-0.2, -0.15) is 0 Å². The average Bonchev–Trinajstić information content (AvgIpc) is 2.28. The molecule has 0 saturated heterocycles. The monoisotopic (exact) mass is 225 g/mol. The smallest absolute Gasteiger partial charge is 0.168 e. The van der Waals surface area contributed by atoms with Crippen LogP contribution in [0.25, 0.3) is 0 Å². The van der Waals surface area contributed by atoms with E-state index in [1.54, 1.807) is 0 Å². The fourth-order valence-electron chi connectivity index (χ4n) is 0.924. The van der Waals surface area contributed by atoms with Crippen LogP contribution < -0.4 is 9.67 Å². The highest BCUT2D eigenvalue weighted by molar-refractivity contribution is 5.68. The van der Waals surface area contributed by atoms with E-state index in [1.165, 1.54) is 12.8 Å². The highest BCUT2D eigenvalue weighted by Crippen LogP contribution is 1.85. The molecule has 0 radical (unpaired) electrons. The number of carbonyl (C=O) groups excluding carboxylic acids is 1. The lowest BCUT2D eigenvalue weighted by Crippen LogP contribution is -2.32. The lowest BCUT2D eigenvalue weighted by atomic mass is 10.3. The van der Waals surface area contributed by atoms with Gasteiger partial charge in [-0.3, -0.25) is 0 Å². The molecule has 0 saturated carbocycles. The summed E-state index contributed by atoms with van der Waals surface area (Å²) in [6, 6.07) is 6.17. The zero-order chi connectivity index (χ0) is 12.4. The molecule has 1 unspecified atom stereocenters. The molecule has 1 heterocycles. The Bertz CT molecular complexity index is 286. The molecule has 0 aromatic carbocycles. The lowest BCUT2D eigenvalue weighted by molar-refractivity contribution is -0.697. The van der Waals surface area contributed by atoms with E-state index in [0.29, 0.717) is 0 Å². The van der Waals surface area contributed by atoms with Crippen LogP contribution in [0.2, 0.25) is 0 Å². The van der Waals surface area contributed by atoms with Crippen LogP contribution in [0.15, 0.2) is 30.6 Å². The minimum atomic E-state index is -1.44. The van der Waals surface area contributed by atoms with Gasteiger partial charge in [0, 0.05) is 18.6 Å². The number of carboxylic acid groups (broad SMARTS) is 1. The van der Waals surface area contributed by atoms with Crippen molar-refractivity contribution in [1.82, 2.24) is 0 Å². The number of aliphatic hydroxyl groups excluding tert-OH is 1. The van der Waals surface area contributed by atoms with Gasteiger partial charge in [0.25, 0.3) is 0 Å². The summed E-state index contributed by atoms with van der Waals surface area (Å²) < 4.78 is 2.21. The molecule has 1 rings (SSSR count). The van der Waals surface area contributed by atoms with Crippen molar-refractivity contribution in [3.05, 3.63) is 30.6 Å². The van der Waals surface area contributed by atoms with Crippen molar-refractivity contribution >= 4 is 5.97 Å². The Hall–Kier alpha value is -1.42. The number of hydrogen-bond donors (Lipinski definition) is 1. The van der Waals surface area contributed by atoms with Gasteiger partial charge in [0.1, 0.15) is 6.54 Å². The van der Waals surface area contributed by atoms with Crippen LogP contribution >= 0.6 is 0 Å². The van der Waals surface area contributed by atoms with E-state index < -0.39 is 12.1 Å². The first-order chi connectivity index (χ1) is 7.57. The maximum Gasteiger partial charge on any atom is 0.168 e. The van der Waals surface area contributed by atoms with Crippen molar-refractivity contribution in [2.75, 3.05) is 0 Å². The van der Waals surface area contributed by atoms with E-state index in [9.17, 15) is 9.90 Å². The number of rotatable bonds is 4. The van der Waals surface area contributed by atoms with E-state index in [0.717, 1.165) is 13.5 Å². The molecule has 0 aliphatic carbocycles. The Balaban J connectivity index is 0.000000325. The first kappa shape index (κ1) is 14.6. The van der Waals surface area contributed by atoms with Crippen molar-refractivity contribution < 1.29 is 19.6 Å². The van der Waals surface area contributed by atoms with Crippen molar-refractivity contribution in [3.8, 4) is 0 Å². The summed E-state index contributed by atoms with van der Waals surface area (Å²) in [7, 11) is 0. The van der Waals surface area contributed by atoms with Gasteiger partial charge in [0.15, 0.2) is 12.4 Å². The van der Waals surface area contributed by atoms with Crippen LogP contribution in [-0.4, -0.2) is 17.2 Å². The first-order valence-electron chi connectivity index (χ1n) is 5.41. The standard InChI is InChI=1S/C9H14N.C3H6O3/c1-2-3-7-10-8-5-4-6-9-10;1-2(4)3(5)6/h4-6,8-9H,2-3,7H2,1H3;2,4H,1H3,(H,5,6)/q+1;/p-1. The molecule has 1 atom stereocenters. The van der Waals surface area contributed by atoms with Crippen LogP contribution in [-0.2, 0) is 11.3 Å². The molecule has 1 N–H and O–H groups in total. The zero-order valence-electron chi connectivity index (χ0n) is 9.80. The summed E-state index contributed by atoms with van der Waals surface area (Å²) in [5.41, 5.74) is 0. The Morgan fingerprint density at radius 1 is 1.38 bits per heavy atom. The van der Waals surface area contributed by atoms with Gasteiger partial charge < -0.3 is 15.0 Å². The zero-order valence-corrected chi connectivity index (χ0v) is 9.80. The fourth-order valence-corrected chi connectivity index (χ4v) is 0.924. The number of carbonyl (C=O) groups is 1. The summed E-state index contributed by atoms with van der Waals surface area (Å²) in [4.78, 5) is 9.34. The highest BCUT2D eigenvalue weighted by atomic mass is 16.4. The first-order valence-corrected chi connectivity index (χ1v) is 5.41. The van der Waals surface area contributed by atoms with Gasteiger partial charge in [-0.15, -0.1) is 0 Å². The average molecular weight is 225 g/mol. The number of nitrogens with zero attached hydrogens (tertiary/aromatic N) is 1. The molecule has 1 aromatic rings. The van der Waals surface area contributed by atoms with E-state index in [2.05, 4.69) is 36.0 Å². The Kier molecular flexibility index (Phi) is 8.07. The third kappa shape index (κ3) is 7.94. The third-order valence-electron chi connectivity index (χ3n) is 1.89. The molecule has 0 bridgehead atoms. The molecule has 0 aliphatic rings. The molecule has 0 amide bonds. The van der Waals surface area contributed by atoms with Crippen LogP contribution in [0.4, 0.5) is 0 Å². The third-order valence-corrected chi connectivity index (χ3v) is 1.89. The number of hydrogen-bond acceptors (Lipinski definition) is 3. The molecule has 0 aliphatic heterocycles. The number of unbranched alkanes of at least 4 members (excludes halogenated alkanes) is 1. The maximum atomic E-state index is 9.34. The van der Waals surface area contributed by atoms with E-state index in [1.807, 2.05) is 6.07 Å². The molecule has 16 heavy (non-hydrogen) atoms. The van der Waals surface area contributed by atoms with Gasteiger partial charge in [-0.25, -0.2) is 4.57 Å². The second-order valence-corrected chi connectivity index (χ2v) is 3.46. The molecule has 90 valence electrons. The predicted molar refractivity (Wildman–Crippen MR) is 58.2 cm³/mol. The summed E-state index contributed by atoms with van der Waals surface area (Å²) in [6.45, 7) is 4.50. The molecule has 1 aromatic heterocycles. The molecule has 0 spiro atoms. The van der Waals surface area contributed by atoms with Gasteiger partial charge in [-0.05, 0) is 6.92 Å². The van der Waals surface area contributed by atoms with Gasteiger partial charge >= 0.3 is 0 Å². The number of carboxylic acids is 1. The molecule has 4 heteroatoms. The SMILES string of the molecule is CC(O)C(=O)[O-].CCCC[n+]1ccccc1. The summed E-state index contributed by atoms with van der Waals surface area (Å²) in [5, 5.41) is 17.3. The minimum absolute atomic E-state index is 1.13. The number of aryl methyl sites for hydroxylation is 1. The van der Waals surface area contributed by atoms with Crippen LogP contribution in [0.5, 0.6) is 0 Å². The van der Waals surface area contributed by atoms with E-state index >= 15 is 0 Å². The van der Waals surface area contributed by atoms with Gasteiger partial charge in [-0.1, -0.05) is 19.4 Å². The van der Waals surface area contributed by atoms with Crippen molar-refractivity contribution in [3.63, 3.8) is 0 Å². The quantitative estimate of drug-likeness (QED) is 0.727. The summed E-state index contributed by atoms with van der Waals surface area (Å²) in [6.07, 6.45) is 5.41. The van der Waals surface area contributed by atoms with Crippen molar-refractivity contribution in [2.24, 2.45) is 0 Å². The fraction of sp³-hybridized carbons (Fsp3) is 0.500. The van der Waals surface area contributed by atoms with Crippen LogP contribution in [0.1, 0.15) is 26.7 Å². The maximum absolute atomic E-state index is 9.34. The molecule has 4 nitrogen and oxygen atoms in total. The topological polar surface area (TPSA) is 64.2 Å². The number of aliphatic hydroxyl groups is 1. The Morgan fingerprint density at radius 3 is 2.25 bits per heavy atom. The Morgan fingerprint density at radius 2 is 1.88 bits per heavy atom. The number of aliphatic carboxylic acids is 1. The molecule has 0 fully saturated rings. The van der Waals surface area contributed by atoms with Gasteiger partial charge in [0.05, 0.1) is 12.1 Å². The summed E-state index contributed by atoms with van der Waals surface area (Å²) >= 11 is 0. The van der Waals surface area contributed by atoms with Crippen LogP contribution in [0, 0.1) is 0 Å². The van der Waals surface area contributed by atoms with Crippen LogP contribution in [0.3, 0.4) is 0 Å². The minimum Gasteiger partial charge on any atom is -0.547 e. The predicted octanol–water partition coefficient (Wildman–Crippen LogP) is -0.109. The van der Waals surface area contributed by atoms with E-state index in [4.69, 9.17) is 5.11 Å². The number of aromatic nitrogens is 1. The van der Waals surface area contributed by atoms with E-state index in [-0.39, 0.29) is 0 Å². The largest absolute Gasteiger partial charge is 0.547 e. The van der Waals surface area contributed by atoms with Crippen molar-refractivity contribution in [2.45, 2.75) is 39.3 Å². The Labute approximate surface area is 96.2 Å². The second-order valence-electron chi connectivity index (χ2n) is 3.46. The number of pyridine rings is 1. The molecular weight excluding hydrogens is 206 g/mol. The second kappa shape index (κ2) is 8.85. The van der Waals surface area contributed by atoms with Gasteiger partial charge in [0.2, 0.25) is 0 Å². The molecular formula is C12H19NO3. The summed E-state index contributed by atoms with van der Waals surface area (Å²) in [5.74, 6) is -1.44. The normalized spacial score (nSPS) is 11.2. The highest BCUT2D eigenvalue weighted by Gasteiger charge is 1.93. The lowest BCUT2D eigenvalue weighted by Gasteiger charge is -2.00.